The molecule has 4 nitrogen and oxygen atoms in total. The molecule has 1 heterocycles. The second-order valence-corrected chi connectivity index (χ2v) is 7.27. The number of nitrogens with zero attached hydrogens (tertiary/aromatic N) is 2. The van der Waals surface area contributed by atoms with Gasteiger partial charge in [-0.05, 0) is 54.4 Å². The van der Waals surface area contributed by atoms with Crippen LogP contribution in [0, 0.1) is 6.92 Å². The van der Waals surface area contributed by atoms with Crippen molar-refractivity contribution >= 4 is 28.9 Å². The lowest BCUT2D eigenvalue weighted by molar-refractivity contribution is 0.494. The van der Waals surface area contributed by atoms with Gasteiger partial charge in [-0.3, -0.25) is 0 Å². The molecule has 0 saturated carbocycles. The van der Waals surface area contributed by atoms with E-state index in [0.29, 0.717) is 21.8 Å². The van der Waals surface area contributed by atoms with Crippen LogP contribution in [0.25, 0.3) is 11.5 Å². The van der Waals surface area contributed by atoms with Crippen LogP contribution >= 0.6 is 23.2 Å². The maximum atomic E-state index is 6.43. The third kappa shape index (κ3) is 4.03. The van der Waals surface area contributed by atoms with Crippen molar-refractivity contribution in [3.8, 4) is 11.5 Å². The summed E-state index contributed by atoms with van der Waals surface area (Å²) in [5.74, 6) is 0.886. The average molecular weight is 410 g/mol. The molecule has 1 N–H and O–H groups in total. The Balaban J connectivity index is 1.74. The van der Waals surface area contributed by atoms with Crippen LogP contribution in [0.4, 0.5) is 5.69 Å². The van der Waals surface area contributed by atoms with Gasteiger partial charge in [-0.15, -0.1) is 10.2 Å². The van der Waals surface area contributed by atoms with Crippen molar-refractivity contribution in [1.82, 2.24) is 10.2 Å². The van der Waals surface area contributed by atoms with Gasteiger partial charge in [0.1, 0.15) is 6.04 Å². The standard InChI is InChI=1S/C22H17Cl2N3O/c1-14-10-11-19(18(24)12-14)25-20(16-8-5-9-17(23)13-16)22-27-26-21(28-22)15-6-3-2-4-7-15/h2-13,20,25H,1H3/t20-/m1/s1. The Kier molecular flexibility index (Phi) is 5.33. The van der Waals surface area contributed by atoms with Gasteiger partial charge in [0.2, 0.25) is 11.8 Å². The zero-order chi connectivity index (χ0) is 19.5. The van der Waals surface area contributed by atoms with Gasteiger partial charge in [0.25, 0.3) is 0 Å². The molecular weight excluding hydrogens is 393 g/mol. The van der Waals surface area contributed by atoms with Crippen LogP contribution in [0.5, 0.6) is 0 Å². The van der Waals surface area contributed by atoms with Crippen molar-refractivity contribution < 1.29 is 4.42 Å². The minimum absolute atomic E-state index is 0.399. The molecule has 0 amide bonds. The largest absolute Gasteiger partial charge is 0.418 e. The van der Waals surface area contributed by atoms with Gasteiger partial charge >= 0.3 is 0 Å². The number of hydrogen-bond acceptors (Lipinski definition) is 4. The van der Waals surface area contributed by atoms with Gasteiger partial charge in [0, 0.05) is 10.6 Å². The maximum absolute atomic E-state index is 6.43. The van der Waals surface area contributed by atoms with E-state index in [9.17, 15) is 0 Å². The molecule has 1 atom stereocenters. The van der Waals surface area contributed by atoms with Gasteiger partial charge in [-0.2, -0.15) is 0 Å². The molecule has 0 saturated heterocycles. The molecule has 0 aliphatic carbocycles. The highest BCUT2D eigenvalue weighted by Gasteiger charge is 2.22. The predicted molar refractivity (Wildman–Crippen MR) is 113 cm³/mol. The number of anilines is 1. The SMILES string of the molecule is Cc1ccc(N[C@H](c2cccc(Cl)c2)c2nnc(-c3ccccc3)o2)c(Cl)c1. The van der Waals surface area contributed by atoms with Crippen molar-refractivity contribution in [3.63, 3.8) is 0 Å². The second kappa shape index (κ2) is 8.05. The van der Waals surface area contributed by atoms with E-state index in [1.807, 2.05) is 79.7 Å². The summed E-state index contributed by atoms with van der Waals surface area (Å²) < 4.78 is 5.99. The van der Waals surface area contributed by atoms with Crippen molar-refractivity contribution in [2.45, 2.75) is 13.0 Å². The van der Waals surface area contributed by atoms with E-state index in [4.69, 9.17) is 27.6 Å². The molecule has 0 spiro atoms. The number of rotatable bonds is 5. The fourth-order valence-electron chi connectivity index (χ4n) is 2.92. The first-order chi connectivity index (χ1) is 13.6. The molecule has 4 aromatic rings. The van der Waals surface area contributed by atoms with Crippen LogP contribution in [0.2, 0.25) is 10.0 Å². The van der Waals surface area contributed by atoms with Crippen molar-refractivity contribution in [2.24, 2.45) is 0 Å². The summed E-state index contributed by atoms with van der Waals surface area (Å²) in [6.45, 7) is 1.99. The summed E-state index contributed by atoms with van der Waals surface area (Å²) in [5.41, 5.74) is 3.61. The first-order valence-electron chi connectivity index (χ1n) is 8.77. The third-order valence-electron chi connectivity index (χ3n) is 4.31. The first kappa shape index (κ1) is 18.5. The molecular formula is C22H17Cl2N3O. The van der Waals surface area contributed by atoms with E-state index >= 15 is 0 Å². The lowest BCUT2D eigenvalue weighted by Crippen LogP contribution is -2.13. The predicted octanol–water partition coefficient (Wildman–Crippen LogP) is 6.55. The number of hydrogen-bond donors (Lipinski definition) is 1. The zero-order valence-electron chi connectivity index (χ0n) is 15.1. The topological polar surface area (TPSA) is 51.0 Å². The lowest BCUT2D eigenvalue weighted by Gasteiger charge is -2.18. The van der Waals surface area contributed by atoms with Crippen LogP contribution in [-0.4, -0.2) is 10.2 Å². The molecule has 4 rings (SSSR count). The summed E-state index contributed by atoms with van der Waals surface area (Å²) in [4.78, 5) is 0. The van der Waals surface area contributed by atoms with E-state index in [0.717, 1.165) is 22.4 Å². The van der Waals surface area contributed by atoms with Crippen LogP contribution in [0.1, 0.15) is 23.1 Å². The fourth-order valence-corrected chi connectivity index (χ4v) is 3.40. The van der Waals surface area contributed by atoms with Gasteiger partial charge in [0.05, 0.1) is 10.7 Å². The highest BCUT2D eigenvalue weighted by molar-refractivity contribution is 6.33. The summed E-state index contributed by atoms with van der Waals surface area (Å²) >= 11 is 12.6. The summed E-state index contributed by atoms with van der Waals surface area (Å²) in [5, 5.41) is 13.1. The highest BCUT2D eigenvalue weighted by Crippen LogP contribution is 2.32. The summed E-state index contributed by atoms with van der Waals surface area (Å²) in [7, 11) is 0. The molecule has 0 fully saturated rings. The van der Waals surface area contributed by atoms with Gasteiger partial charge < -0.3 is 9.73 Å². The molecule has 0 aliphatic heterocycles. The summed E-state index contributed by atoms with van der Waals surface area (Å²) in [6, 6.07) is 22.6. The van der Waals surface area contributed by atoms with Crippen LogP contribution in [0.3, 0.4) is 0 Å². The fraction of sp³-hybridized carbons (Fsp3) is 0.0909. The molecule has 140 valence electrons. The molecule has 0 unspecified atom stereocenters. The quantitative estimate of drug-likeness (QED) is 0.405. The minimum Gasteiger partial charge on any atom is -0.418 e. The van der Waals surface area contributed by atoms with E-state index in [2.05, 4.69) is 15.5 Å². The van der Waals surface area contributed by atoms with E-state index in [-0.39, 0.29) is 0 Å². The number of aryl methyl sites for hydroxylation is 1. The van der Waals surface area contributed by atoms with Gasteiger partial charge in [-0.25, -0.2) is 0 Å². The molecule has 0 aliphatic rings. The van der Waals surface area contributed by atoms with Crippen molar-refractivity contribution in [3.05, 3.63) is 99.9 Å². The lowest BCUT2D eigenvalue weighted by atomic mass is 10.1. The van der Waals surface area contributed by atoms with E-state index in [1.54, 1.807) is 0 Å². The Morgan fingerprint density at radius 1 is 0.893 bits per heavy atom. The normalized spacial score (nSPS) is 12.0. The molecule has 0 bridgehead atoms. The Morgan fingerprint density at radius 3 is 2.46 bits per heavy atom. The maximum Gasteiger partial charge on any atom is 0.247 e. The monoisotopic (exact) mass is 409 g/mol. The average Bonchev–Trinajstić information content (AvgIpc) is 3.18. The highest BCUT2D eigenvalue weighted by atomic mass is 35.5. The summed E-state index contributed by atoms with van der Waals surface area (Å²) in [6.07, 6.45) is 0. The smallest absolute Gasteiger partial charge is 0.247 e. The third-order valence-corrected chi connectivity index (χ3v) is 4.86. The van der Waals surface area contributed by atoms with E-state index in [1.165, 1.54) is 0 Å². The Hall–Kier alpha value is -2.82. The molecule has 0 radical (unpaired) electrons. The van der Waals surface area contributed by atoms with E-state index < -0.39 is 6.04 Å². The number of nitrogens with one attached hydrogen (secondary N) is 1. The van der Waals surface area contributed by atoms with Crippen molar-refractivity contribution in [2.75, 3.05) is 5.32 Å². The molecule has 3 aromatic carbocycles. The van der Waals surface area contributed by atoms with Crippen LogP contribution in [-0.2, 0) is 0 Å². The number of halogens is 2. The second-order valence-electron chi connectivity index (χ2n) is 6.43. The molecule has 1 aromatic heterocycles. The van der Waals surface area contributed by atoms with Crippen LogP contribution < -0.4 is 5.32 Å². The number of benzene rings is 3. The van der Waals surface area contributed by atoms with Gasteiger partial charge in [0.15, 0.2) is 0 Å². The zero-order valence-corrected chi connectivity index (χ0v) is 16.6. The number of aromatic nitrogens is 2. The molecule has 6 heteroatoms. The minimum atomic E-state index is -0.399. The Labute approximate surface area is 173 Å². The van der Waals surface area contributed by atoms with Crippen molar-refractivity contribution in [1.29, 1.82) is 0 Å². The first-order valence-corrected chi connectivity index (χ1v) is 9.53. The van der Waals surface area contributed by atoms with Gasteiger partial charge in [-0.1, -0.05) is 59.6 Å². The molecule has 28 heavy (non-hydrogen) atoms. The Bertz CT molecular complexity index is 1100. The Morgan fingerprint density at radius 2 is 1.71 bits per heavy atom. The van der Waals surface area contributed by atoms with Crippen LogP contribution in [0.15, 0.2) is 77.2 Å².